The minimum Gasteiger partial charge on any atom is -0.352 e. The summed E-state index contributed by atoms with van der Waals surface area (Å²) in [4.78, 5) is 27.5. The first-order valence-corrected chi connectivity index (χ1v) is 12.1. The van der Waals surface area contributed by atoms with Gasteiger partial charge in [0.05, 0.1) is 5.75 Å². The molecule has 1 aliphatic carbocycles. The van der Waals surface area contributed by atoms with Gasteiger partial charge in [0, 0.05) is 28.9 Å². The fraction of sp³-hybridized carbons (Fsp3) is 0.417. The van der Waals surface area contributed by atoms with Crippen LogP contribution < -0.4 is 5.32 Å². The predicted octanol–water partition coefficient (Wildman–Crippen LogP) is 5.19. The molecule has 0 heterocycles. The lowest BCUT2D eigenvalue weighted by molar-refractivity contribution is -0.138. The molecule has 1 N–H and O–H groups in total. The van der Waals surface area contributed by atoms with E-state index in [1.807, 2.05) is 30.3 Å². The van der Waals surface area contributed by atoms with Crippen LogP contribution in [0.15, 0.2) is 48.5 Å². The lowest BCUT2D eigenvalue weighted by Crippen LogP contribution is -2.50. The molecule has 0 aliphatic heterocycles. The maximum absolute atomic E-state index is 14.0. The molecule has 0 saturated heterocycles. The second kappa shape index (κ2) is 11.5. The highest BCUT2D eigenvalue weighted by atomic mass is 35.5. The summed E-state index contributed by atoms with van der Waals surface area (Å²) in [6.45, 7) is 2.11. The molecule has 2 amide bonds. The number of rotatable bonds is 9. The van der Waals surface area contributed by atoms with E-state index < -0.39 is 6.04 Å². The van der Waals surface area contributed by atoms with Crippen LogP contribution in [0.5, 0.6) is 0 Å². The standard InChI is InChI=1S/C24H28ClFN2O2S/c1-17(24(30)27-19-10-5-6-11-19)28(14-18-8-3-2-4-9-18)23(29)16-31-15-20-21(25)12-7-13-22(20)26/h2-4,7-9,12-13,17,19H,5-6,10-11,14-16H2,1H3,(H,27,30)/t17-/m1/s1. The first-order chi connectivity index (χ1) is 15.0. The maximum atomic E-state index is 14.0. The number of nitrogens with one attached hydrogen (secondary N) is 1. The molecule has 2 aromatic carbocycles. The third kappa shape index (κ3) is 6.71. The molecule has 7 heteroatoms. The molecular weight excluding hydrogens is 435 g/mol. The fourth-order valence-electron chi connectivity index (χ4n) is 3.75. The van der Waals surface area contributed by atoms with Gasteiger partial charge in [-0.2, -0.15) is 0 Å². The molecule has 0 unspecified atom stereocenters. The largest absolute Gasteiger partial charge is 0.352 e. The molecule has 0 bridgehead atoms. The van der Waals surface area contributed by atoms with E-state index in [2.05, 4.69) is 5.32 Å². The normalized spacial score (nSPS) is 14.9. The molecule has 1 aliphatic rings. The van der Waals surface area contributed by atoms with Crippen LogP contribution in [0.1, 0.15) is 43.7 Å². The van der Waals surface area contributed by atoms with E-state index in [1.54, 1.807) is 24.0 Å². The van der Waals surface area contributed by atoms with E-state index in [1.165, 1.54) is 17.8 Å². The predicted molar refractivity (Wildman–Crippen MR) is 124 cm³/mol. The Morgan fingerprint density at radius 3 is 2.55 bits per heavy atom. The van der Waals surface area contributed by atoms with Gasteiger partial charge in [0.2, 0.25) is 11.8 Å². The fourth-order valence-corrected chi connectivity index (χ4v) is 5.00. The number of thioether (sulfide) groups is 1. The summed E-state index contributed by atoms with van der Waals surface area (Å²) in [5, 5.41) is 3.44. The number of hydrogen-bond donors (Lipinski definition) is 1. The molecule has 166 valence electrons. The second-order valence-corrected chi connectivity index (χ2v) is 9.26. The number of hydrogen-bond acceptors (Lipinski definition) is 3. The van der Waals surface area contributed by atoms with Gasteiger partial charge < -0.3 is 10.2 Å². The van der Waals surface area contributed by atoms with Crippen LogP contribution in [-0.4, -0.2) is 34.6 Å². The zero-order valence-electron chi connectivity index (χ0n) is 17.7. The Bertz CT molecular complexity index is 870. The molecule has 1 fully saturated rings. The number of carbonyl (C=O) groups excluding carboxylic acids is 2. The third-order valence-corrected chi connectivity index (χ3v) is 6.90. The van der Waals surface area contributed by atoms with Crippen LogP contribution in [0.2, 0.25) is 5.02 Å². The quantitative estimate of drug-likeness (QED) is 0.558. The number of halogens is 2. The van der Waals surface area contributed by atoms with Crippen molar-refractivity contribution in [3.63, 3.8) is 0 Å². The molecule has 0 radical (unpaired) electrons. The topological polar surface area (TPSA) is 49.4 Å². The van der Waals surface area contributed by atoms with Gasteiger partial charge in [-0.15, -0.1) is 11.8 Å². The maximum Gasteiger partial charge on any atom is 0.242 e. The highest BCUT2D eigenvalue weighted by molar-refractivity contribution is 7.99. The van der Waals surface area contributed by atoms with Crippen molar-refractivity contribution in [2.75, 3.05) is 5.75 Å². The third-order valence-electron chi connectivity index (χ3n) is 5.60. The van der Waals surface area contributed by atoms with Gasteiger partial charge in [-0.1, -0.05) is 60.8 Å². The van der Waals surface area contributed by atoms with Crippen molar-refractivity contribution in [1.29, 1.82) is 0 Å². The minimum absolute atomic E-state index is 0.127. The van der Waals surface area contributed by atoms with Crippen LogP contribution in [0.3, 0.4) is 0 Å². The summed E-state index contributed by atoms with van der Waals surface area (Å²) in [5.41, 5.74) is 1.35. The summed E-state index contributed by atoms with van der Waals surface area (Å²) in [5.74, 6) is -0.232. The van der Waals surface area contributed by atoms with Crippen LogP contribution in [0.25, 0.3) is 0 Å². The molecule has 0 aromatic heterocycles. The number of amides is 2. The summed E-state index contributed by atoms with van der Waals surface area (Å²) >= 11 is 7.38. The molecular formula is C24H28ClFN2O2S. The Balaban J connectivity index is 1.65. The van der Waals surface area contributed by atoms with Crippen molar-refractivity contribution in [2.45, 2.75) is 57.0 Å². The van der Waals surface area contributed by atoms with E-state index in [-0.39, 0.29) is 29.4 Å². The van der Waals surface area contributed by atoms with Crippen molar-refractivity contribution < 1.29 is 14.0 Å². The van der Waals surface area contributed by atoms with Crippen LogP contribution in [-0.2, 0) is 21.9 Å². The molecule has 3 rings (SSSR count). The molecule has 1 atom stereocenters. The lowest BCUT2D eigenvalue weighted by Gasteiger charge is -2.29. The number of carbonyl (C=O) groups is 2. The van der Waals surface area contributed by atoms with Gasteiger partial charge in [-0.25, -0.2) is 4.39 Å². The van der Waals surface area contributed by atoms with E-state index in [0.717, 1.165) is 31.2 Å². The second-order valence-electron chi connectivity index (χ2n) is 7.87. The van der Waals surface area contributed by atoms with Gasteiger partial charge in [-0.3, -0.25) is 9.59 Å². The lowest BCUT2D eigenvalue weighted by atomic mass is 10.1. The molecule has 0 spiro atoms. The average Bonchev–Trinajstić information content (AvgIpc) is 3.27. The van der Waals surface area contributed by atoms with E-state index in [9.17, 15) is 14.0 Å². The SMILES string of the molecule is C[C@H](C(=O)NC1CCCC1)N(Cc1ccccc1)C(=O)CSCc1c(F)cccc1Cl. The Labute approximate surface area is 192 Å². The van der Waals surface area contributed by atoms with Gasteiger partial charge in [0.15, 0.2) is 0 Å². The van der Waals surface area contributed by atoms with Crippen molar-refractivity contribution in [3.8, 4) is 0 Å². The smallest absolute Gasteiger partial charge is 0.242 e. The van der Waals surface area contributed by atoms with Gasteiger partial charge >= 0.3 is 0 Å². The van der Waals surface area contributed by atoms with Crippen LogP contribution in [0, 0.1) is 5.82 Å². The summed E-state index contributed by atoms with van der Waals surface area (Å²) in [6, 6.07) is 13.8. The molecule has 4 nitrogen and oxygen atoms in total. The van der Waals surface area contributed by atoms with Crippen LogP contribution in [0.4, 0.5) is 4.39 Å². The van der Waals surface area contributed by atoms with Crippen molar-refractivity contribution in [1.82, 2.24) is 10.2 Å². The highest BCUT2D eigenvalue weighted by Crippen LogP contribution is 2.24. The van der Waals surface area contributed by atoms with Crippen molar-refractivity contribution >= 4 is 35.2 Å². The first kappa shape index (κ1) is 23.6. The van der Waals surface area contributed by atoms with Gasteiger partial charge in [0.25, 0.3) is 0 Å². The average molecular weight is 463 g/mol. The Hall–Kier alpha value is -2.05. The summed E-state index contributed by atoms with van der Waals surface area (Å²) in [7, 11) is 0. The van der Waals surface area contributed by atoms with Gasteiger partial charge in [0.1, 0.15) is 11.9 Å². The zero-order chi connectivity index (χ0) is 22.2. The van der Waals surface area contributed by atoms with Gasteiger partial charge in [-0.05, 0) is 37.5 Å². The van der Waals surface area contributed by atoms with Crippen molar-refractivity contribution in [3.05, 3.63) is 70.5 Å². The minimum atomic E-state index is -0.592. The Kier molecular flexibility index (Phi) is 8.79. The number of benzene rings is 2. The Morgan fingerprint density at radius 2 is 1.87 bits per heavy atom. The zero-order valence-corrected chi connectivity index (χ0v) is 19.2. The molecule has 2 aromatic rings. The number of nitrogens with zero attached hydrogens (tertiary/aromatic N) is 1. The molecule has 1 saturated carbocycles. The molecule has 31 heavy (non-hydrogen) atoms. The van der Waals surface area contributed by atoms with E-state index in [4.69, 9.17) is 11.6 Å². The first-order valence-electron chi connectivity index (χ1n) is 10.6. The van der Waals surface area contributed by atoms with E-state index in [0.29, 0.717) is 22.9 Å². The van der Waals surface area contributed by atoms with Crippen molar-refractivity contribution in [2.24, 2.45) is 0 Å². The highest BCUT2D eigenvalue weighted by Gasteiger charge is 2.28. The summed E-state index contributed by atoms with van der Waals surface area (Å²) < 4.78 is 14.0. The summed E-state index contributed by atoms with van der Waals surface area (Å²) in [6.07, 6.45) is 4.23. The Morgan fingerprint density at radius 1 is 1.16 bits per heavy atom. The van der Waals surface area contributed by atoms with E-state index >= 15 is 0 Å². The monoisotopic (exact) mass is 462 g/mol. The van der Waals surface area contributed by atoms with Crippen LogP contribution >= 0.6 is 23.4 Å².